The van der Waals surface area contributed by atoms with E-state index in [1.807, 2.05) is 26.0 Å². The van der Waals surface area contributed by atoms with Gasteiger partial charge in [-0.2, -0.15) is 0 Å². The van der Waals surface area contributed by atoms with Crippen molar-refractivity contribution in [1.29, 1.82) is 0 Å². The summed E-state index contributed by atoms with van der Waals surface area (Å²) in [6.07, 6.45) is 5.33. The number of hydrogen-bond donors (Lipinski definition) is 0. The quantitative estimate of drug-likeness (QED) is 0.776. The first-order valence-corrected chi connectivity index (χ1v) is 8.00. The Labute approximate surface area is 145 Å². The third-order valence-corrected chi connectivity index (χ3v) is 4.18. The number of carbonyl (C=O) groups excluding carboxylic acids is 1. The van der Waals surface area contributed by atoms with Crippen LogP contribution in [0.4, 0.5) is 0 Å². The maximum atomic E-state index is 12.1. The minimum absolute atomic E-state index is 0.213. The molecule has 0 N–H and O–H groups in total. The summed E-state index contributed by atoms with van der Waals surface area (Å²) in [5.74, 6) is 0.655. The fraction of sp³-hybridized carbons (Fsp3) is 0.333. The second-order valence-electron chi connectivity index (χ2n) is 5.96. The van der Waals surface area contributed by atoms with Crippen molar-refractivity contribution in [3.8, 4) is 11.5 Å². The zero-order chi connectivity index (χ0) is 17.5. The van der Waals surface area contributed by atoms with Gasteiger partial charge in [-0.1, -0.05) is 11.6 Å². The average Bonchev–Trinajstić information content (AvgIpc) is 2.53. The van der Waals surface area contributed by atoms with Gasteiger partial charge in [0, 0.05) is 17.8 Å². The minimum atomic E-state index is -0.510. The number of ether oxygens (including phenoxy) is 3. The van der Waals surface area contributed by atoms with Gasteiger partial charge in [0.2, 0.25) is 0 Å². The Morgan fingerprint density at radius 1 is 1.42 bits per heavy atom. The van der Waals surface area contributed by atoms with Crippen molar-refractivity contribution in [3.05, 3.63) is 34.5 Å². The van der Waals surface area contributed by atoms with E-state index in [0.717, 1.165) is 5.56 Å². The normalized spacial score (nSPS) is 14.9. The molecule has 0 saturated carbocycles. The van der Waals surface area contributed by atoms with E-state index >= 15 is 0 Å². The van der Waals surface area contributed by atoms with Crippen LogP contribution in [0.5, 0.6) is 11.5 Å². The molecule has 1 aliphatic rings. The molecule has 6 heteroatoms. The van der Waals surface area contributed by atoms with Gasteiger partial charge >= 0.3 is 5.97 Å². The summed E-state index contributed by atoms with van der Waals surface area (Å²) in [7, 11) is 1.54. The van der Waals surface area contributed by atoms with Gasteiger partial charge in [-0.25, -0.2) is 4.79 Å². The molecule has 0 unspecified atom stereocenters. The molecule has 0 radical (unpaired) electrons. The van der Waals surface area contributed by atoms with Gasteiger partial charge in [0.15, 0.2) is 0 Å². The topological polar surface area (TPSA) is 57.7 Å². The zero-order valence-electron chi connectivity index (χ0n) is 14.0. The fourth-order valence-electron chi connectivity index (χ4n) is 2.66. The molecule has 2 aromatic rings. The number of rotatable bonds is 3. The zero-order valence-corrected chi connectivity index (χ0v) is 14.7. The third kappa shape index (κ3) is 2.69. The lowest BCUT2D eigenvalue weighted by atomic mass is 9.99. The highest BCUT2D eigenvalue weighted by atomic mass is 35.5. The van der Waals surface area contributed by atoms with Crippen LogP contribution in [-0.2, 0) is 4.74 Å². The van der Waals surface area contributed by atoms with Crippen LogP contribution in [0.25, 0.3) is 17.0 Å². The Bertz CT molecular complexity index is 858. The second kappa shape index (κ2) is 5.98. The average molecular weight is 348 g/mol. The molecule has 5 nitrogen and oxygen atoms in total. The standard InChI is InChI=1S/C18H18ClNO4/c1-5-23-17(21)11-9-20-16-10-6-7-18(2,3)24-12(10)8-13(22-4)14(16)15(11)19/h6-9H,5H2,1-4H3. The predicted octanol–water partition coefficient (Wildman–Crippen LogP) is 4.26. The lowest BCUT2D eigenvalue weighted by Gasteiger charge is -2.28. The molecule has 0 spiro atoms. The summed E-state index contributed by atoms with van der Waals surface area (Å²) >= 11 is 6.47. The van der Waals surface area contributed by atoms with Crippen LogP contribution >= 0.6 is 11.6 Å². The first-order chi connectivity index (χ1) is 11.4. The molecule has 0 bridgehead atoms. The Balaban J connectivity index is 2.28. The monoisotopic (exact) mass is 347 g/mol. The molecule has 1 aromatic carbocycles. The summed E-state index contributed by atoms with van der Waals surface area (Å²) < 4.78 is 16.5. The number of methoxy groups -OCH3 is 1. The molecule has 0 amide bonds. The molecule has 1 aromatic heterocycles. The highest BCUT2D eigenvalue weighted by Crippen LogP contribution is 2.43. The number of carbonyl (C=O) groups is 1. The van der Waals surface area contributed by atoms with Crippen LogP contribution < -0.4 is 9.47 Å². The summed E-state index contributed by atoms with van der Waals surface area (Å²) in [6, 6.07) is 1.77. The number of aromatic nitrogens is 1. The van der Waals surface area contributed by atoms with Crippen molar-refractivity contribution in [2.75, 3.05) is 13.7 Å². The first kappa shape index (κ1) is 16.6. The molecular weight excluding hydrogens is 330 g/mol. The van der Waals surface area contributed by atoms with Crippen molar-refractivity contribution in [2.24, 2.45) is 0 Å². The van der Waals surface area contributed by atoms with Crippen LogP contribution in [0.15, 0.2) is 18.3 Å². The number of pyridine rings is 1. The number of esters is 1. The lowest BCUT2D eigenvalue weighted by Crippen LogP contribution is -2.27. The van der Waals surface area contributed by atoms with E-state index in [-0.39, 0.29) is 17.2 Å². The number of nitrogens with zero attached hydrogens (tertiary/aromatic N) is 1. The SMILES string of the molecule is CCOC(=O)c1cnc2c3c(cc(OC)c2c1Cl)OC(C)(C)C=C3. The van der Waals surface area contributed by atoms with Gasteiger partial charge in [-0.15, -0.1) is 0 Å². The smallest absolute Gasteiger partial charge is 0.341 e. The van der Waals surface area contributed by atoms with E-state index in [4.69, 9.17) is 25.8 Å². The van der Waals surface area contributed by atoms with E-state index in [9.17, 15) is 4.79 Å². The van der Waals surface area contributed by atoms with Gasteiger partial charge in [0.05, 0.1) is 35.2 Å². The van der Waals surface area contributed by atoms with Crippen molar-refractivity contribution in [3.63, 3.8) is 0 Å². The molecule has 126 valence electrons. The van der Waals surface area contributed by atoms with E-state index in [1.165, 1.54) is 6.20 Å². The molecule has 0 fully saturated rings. The van der Waals surface area contributed by atoms with E-state index in [1.54, 1.807) is 20.1 Å². The van der Waals surface area contributed by atoms with Crippen molar-refractivity contribution in [1.82, 2.24) is 4.98 Å². The Morgan fingerprint density at radius 3 is 2.83 bits per heavy atom. The highest BCUT2D eigenvalue weighted by molar-refractivity contribution is 6.39. The van der Waals surface area contributed by atoms with E-state index < -0.39 is 11.6 Å². The molecular formula is C18H18ClNO4. The number of hydrogen-bond acceptors (Lipinski definition) is 5. The number of fused-ring (bicyclic) bond motifs is 3. The fourth-order valence-corrected chi connectivity index (χ4v) is 2.97. The lowest BCUT2D eigenvalue weighted by molar-refractivity contribution is 0.0526. The van der Waals surface area contributed by atoms with Crippen LogP contribution in [0.2, 0.25) is 5.02 Å². The Morgan fingerprint density at radius 2 is 2.17 bits per heavy atom. The Hall–Kier alpha value is -2.27. The summed E-state index contributed by atoms with van der Waals surface area (Å²) in [5.41, 5.74) is 1.22. The Kier molecular flexibility index (Phi) is 4.13. The van der Waals surface area contributed by atoms with Crippen LogP contribution in [0.3, 0.4) is 0 Å². The van der Waals surface area contributed by atoms with Crippen LogP contribution in [-0.4, -0.2) is 30.3 Å². The van der Waals surface area contributed by atoms with Crippen LogP contribution in [0.1, 0.15) is 36.7 Å². The molecule has 2 heterocycles. The summed E-state index contributed by atoms with van der Waals surface area (Å²) in [6.45, 7) is 5.93. The van der Waals surface area contributed by atoms with E-state index in [2.05, 4.69) is 4.98 Å². The van der Waals surface area contributed by atoms with Gasteiger partial charge in [0.25, 0.3) is 0 Å². The molecule has 3 rings (SSSR count). The largest absolute Gasteiger partial charge is 0.496 e. The minimum Gasteiger partial charge on any atom is -0.496 e. The highest BCUT2D eigenvalue weighted by Gasteiger charge is 2.27. The van der Waals surface area contributed by atoms with E-state index in [0.29, 0.717) is 22.4 Å². The molecule has 1 aliphatic heterocycles. The maximum absolute atomic E-state index is 12.1. The molecule has 0 aliphatic carbocycles. The van der Waals surface area contributed by atoms with Crippen molar-refractivity contribution in [2.45, 2.75) is 26.4 Å². The number of halogens is 1. The van der Waals surface area contributed by atoms with Gasteiger partial charge < -0.3 is 14.2 Å². The van der Waals surface area contributed by atoms with Crippen molar-refractivity contribution >= 4 is 34.5 Å². The molecule has 0 atom stereocenters. The molecule has 24 heavy (non-hydrogen) atoms. The van der Waals surface area contributed by atoms with Gasteiger partial charge in [-0.3, -0.25) is 4.98 Å². The summed E-state index contributed by atoms with van der Waals surface area (Å²) in [5, 5.41) is 0.827. The maximum Gasteiger partial charge on any atom is 0.341 e. The van der Waals surface area contributed by atoms with Crippen LogP contribution in [0, 0.1) is 0 Å². The third-order valence-electron chi connectivity index (χ3n) is 3.78. The predicted molar refractivity (Wildman–Crippen MR) is 93.0 cm³/mol. The number of benzene rings is 1. The van der Waals surface area contributed by atoms with Crippen molar-refractivity contribution < 1.29 is 19.0 Å². The first-order valence-electron chi connectivity index (χ1n) is 7.62. The van der Waals surface area contributed by atoms with Gasteiger partial charge in [-0.05, 0) is 32.9 Å². The molecule has 0 saturated heterocycles. The van der Waals surface area contributed by atoms with Gasteiger partial charge in [0.1, 0.15) is 17.1 Å². The summed E-state index contributed by atoms with van der Waals surface area (Å²) in [4.78, 5) is 16.5. The second-order valence-corrected chi connectivity index (χ2v) is 6.34.